The molecule has 2 aromatic rings. The molecule has 0 heterocycles. The van der Waals surface area contributed by atoms with Gasteiger partial charge in [0.2, 0.25) is 0 Å². The van der Waals surface area contributed by atoms with Crippen LogP contribution in [0.5, 0.6) is 11.5 Å². The van der Waals surface area contributed by atoms with Crippen molar-refractivity contribution in [3.8, 4) is 17.6 Å². The Morgan fingerprint density at radius 2 is 2.00 bits per heavy atom. The first-order valence-corrected chi connectivity index (χ1v) is 6.75. The van der Waals surface area contributed by atoms with Gasteiger partial charge in [0.25, 0.3) is 0 Å². The molecule has 0 saturated carbocycles. The molecule has 0 amide bonds. The second-order valence-electron chi connectivity index (χ2n) is 4.31. The summed E-state index contributed by atoms with van der Waals surface area (Å²) in [5.41, 5.74) is 1.43. The monoisotopic (exact) mass is 305 g/mol. The first kappa shape index (κ1) is 15.1. The molecule has 0 unspecified atom stereocenters. The molecule has 5 heteroatoms. The van der Waals surface area contributed by atoms with Crippen molar-refractivity contribution in [3.05, 3.63) is 58.9 Å². The Morgan fingerprint density at radius 1 is 1.19 bits per heavy atom. The normalized spacial score (nSPS) is 10.0. The molecule has 2 rings (SSSR count). The second kappa shape index (κ2) is 6.96. The highest BCUT2D eigenvalue weighted by Gasteiger charge is 2.08. The number of rotatable bonds is 5. The third-order valence-corrected chi connectivity index (χ3v) is 3.26. The van der Waals surface area contributed by atoms with Crippen molar-refractivity contribution in [1.29, 1.82) is 5.26 Å². The largest absolute Gasteiger partial charge is 0.497 e. The number of alkyl halides is 1. The summed E-state index contributed by atoms with van der Waals surface area (Å²) in [6.45, 7) is 0.0633. The number of ether oxygens (including phenoxy) is 2. The van der Waals surface area contributed by atoms with E-state index in [9.17, 15) is 4.39 Å². The van der Waals surface area contributed by atoms with Gasteiger partial charge in [0, 0.05) is 11.1 Å². The number of hydrogen-bond acceptors (Lipinski definition) is 3. The predicted molar refractivity (Wildman–Crippen MR) is 78.0 cm³/mol. The van der Waals surface area contributed by atoms with Crippen LogP contribution in [0.3, 0.4) is 0 Å². The van der Waals surface area contributed by atoms with Crippen LogP contribution in [0.1, 0.15) is 16.7 Å². The van der Waals surface area contributed by atoms with Gasteiger partial charge in [-0.2, -0.15) is 5.26 Å². The van der Waals surface area contributed by atoms with Crippen molar-refractivity contribution in [2.45, 2.75) is 12.5 Å². The molecule has 0 saturated heterocycles. The van der Waals surface area contributed by atoms with Gasteiger partial charge in [0.15, 0.2) is 0 Å². The lowest BCUT2D eigenvalue weighted by Crippen LogP contribution is -2.01. The standard InChI is InChI=1S/C16H13ClFNO2/c1-20-14-4-5-16(13(7-14)8-17)21-10-12-3-2-11(9-19)6-15(12)18/h2-7H,8,10H2,1H3. The van der Waals surface area contributed by atoms with E-state index in [1.807, 2.05) is 6.07 Å². The van der Waals surface area contributed by atoms with Gasteiger partial charge in [0.1, 0.15) is 23.9 Å². The van der Waals surface area contributed by atoms with Crippen LogP contribution in [0.2, 0.25) is 0 Å². The van der Waals surface area contributed by atoms with Crippen LogP contribution < -0.4 is 9.47 Å². The van der Waals surface area contributed by atoms with Gasteiger partial charge in [0.05, 0.1) is 24.6 Å². The van der Waals surface area contributed by atoms with Crippen molar-refractivity contribution < 1.29 is 13.9 Å². The van der Waals surface area contributed by atoms with Crippen molar-refractivity contribution in [1.82, 2.24) is 0 Å². The van der Waals surface area contributed by atoms with Gasteiger partial charge in [-0.1, -0.05) is 6.07 Å². The van der Waals surface area contributed by atoms with E-state index in [2.05, 4.69) is 0 Å². The average Bonchev–Trinajstić information content (AvgIpc) is 2.53. The van der Waals surface area contributed by atoms with Gasteiger partial charge < -0.3 is 9.47 Å². The topological polar surface area (TPSA) is 42.2 Å². The van der Waals surface area contributed by atoms with Crippen LogP contribution in [0.4, 0.5) is 4.39 Å². The Labute approximate surface area is 127 Å². The molecule has 0 N–H and O–H groups in total. The molecule has 0 aromatic heterocycles. The van der Waals surface area contributed by atoms with E-state index in [4.69, 9.17) is 26.3 Å². The van der Waals surface area contributed by atoms with Crippen LogP contribution in [-0.2, 0) is 12.5 Å². The molecule has 21 heavy (non-hydrogen) atoms. The molecule has 0 atom stereocenters. The average molecular weight is 306 g/mol. The highest BCUT2D eigenvalue weighted by Crippen LogP contribution is 2.26. The molecule has 0 aliphatic rings. The molecular formula is C16H13ClFNO2. The molecule has 0 radical (unpaired) electrons. The number of nitrogens with zero attached hydrogens (tertiary/aromatic N) is 1. The maximum absolute atomic E-state index is 13.8. The summed E-state index contributed by atoms with van der Waals surface area (Å²) in [6, 6.07) is 11.4. The van der Waals surface area contributed by atoms with Crippen LogP contribution in [0.25, 0.3) is 0 Å². The molecule has 0 aliphatic carbocycles. The summed E-state index contributed by atoms with van der Waals surface area (Å²) in [5.74, 6) is 1.06. The lowest BCUT2D eigenvalue weighted by atomic mass is 10.1. The van der Waals surface area contributed by atoms with E-state index in [-0.39, 0.29) is 18.1 Å². The summed E-state index contributed by atoms with van der Waals surface area (Å²) in [6.07, 6.45) is 0. The van der Waals surface area contributed by atoms with E-state index in [1.54, 1.807) is 31.4 Å². The Hall–Kier alpha value is -2.25. The summed E-state index contributed by atoms with van der Waals surface area (Å²) in [4.78, 5) is 0. The Bertz CT molecular complexity index is 682. The van der Waals surface area contributed by atoms with Crippen molar-refractivity contribution in [2.24, 2.45) is 0 Å². The fourth-order valence-electron chi connectivity index (χ4n) is 1.82. The van der Waals surface area contributed by atoms with E-state index in [0.29, 0.717) is 17.1 Å². The molecule has 0 fully saturated rings. The maximum Gasteiger partial charge on any atom is 0.131 e. The summed E-state index contributed by atoms with van der Waals surface area (Å²) < 4.78 is 24.5. The molecule has 0 bridgehead atoms. The number of hydrogen-bond donors (Lipinski definition) is 0. The quantitative estimate of drug-likeness (QED) is 0.783. The third kappa shape index (κ3) is 3.65. The van der Waals surface area contributed by atoms with Crippen LogP contribution >= 0.6 is 11.6 Å². The zero-order chi connectivity index (χ0) is 15.2. The van der Waals surface area contributed by atoms with E-state index < -0.39 is 5.82 Å². The SMILES string of the molecule is COc1ccc(OCc2ccc(C#N)cc2F)c(CCl)c1. The minimum absolute atomic E-state index is 0.0633. The molecule has 2 aromatic carbocycles. The first-order chi connectivity index (χ1) is 10.2. The number of nitriles is 1. The molecule has 0 aliphatic heterocycles. The molecular weight excluding hydrogens is 293 g/mol. The first-order valence-electron chi connectivity index (χ1n) is 6.22. The predicted octanol–water partition coefficient (Wildman–Crippen LogP) is 4.02. The van der Waals surface area contributed by atoms with E-state index in [0.717, 1.165) is 5.56 Å². The smallest absolute Gasteiger partial charge is 0.131 e. The molecule has 108 valence electrons. The van der Waals surface area contributed by atoms with Gasteiger partial charge >= 0.3 is 0 Å². The van der Waals surface area contributed by atoms with Crippen LogP contribution in [-0.4, -0.2) is 7.11 Å². The van der Waals surface area contributed by atoms with Gasteiger partial charge in [-0.3, -0.25) is 0 Å². The molecule has 0 spiro atoms. The fraction of sp³-hybridized carbons (Fsp3) is 0.188. The number of methoxy groups -OCH3 is 1. The minimum Gasteiger partial charge on any atom is -0.497 e. The van der Waals surface area contributed by atoms with Gasteiger partial charge in [-0.25, -0.2) is 4.39 Å². The maximum atomic E-state index is 13.8. The lowest BCUT2D eigenvalue weighted by Gasteiger charge is -2.12. The minimum atomic E-state index is -0.463. The Morgan fingerprint density at radius 3 is 2.62 bits per heavy atom. The van der Waals surface area contributed by atoms with Crippen LogP contribution in [0, 0.1) is 17.1 Å². The van der Waals surface area contributed by atoms with Crippen molar-refractivity contribution >= 4 is 11.6 Å². The van der Waals surface area contributed by atoms with Gasteiger partial charge in [-0.15, -0.1) is 11.6 Å². The lowest BCUT2D eigenvalue weighted by molar-refractivity contribution is 0.297. The summed E-state index contributed by atoms with van der Waals surface area (Å²) in [5, 5.41) is 8.70. The van der Waals surface area contributed by atoms with E-state index in [1.165, 1.54) is 12.1 Å². The number of halogens is 2. The second-order valence-corrected chi connectivity index (χ2v) is 4.58. The molecule has 3 nitrogen and oxygen atoms in total. The Balaban J connectivity index is 2.15. The van der Waals surface area contributed by atoms with Crippen molar-refractivity contribution in [3.63, 3.8) is 0 Å². The van der Waals surface area contributed by atoms with Crippen LogP contribution in [0.15, 0.2) is 36.4 Å². The summed E-state index contributed by atoms with van der Waals surface area (Å²) in [7, 11) is 1.57. The third-order valence-electron chi connectivity index (χ3n) is 2.98. The van der Waals surface area contributed by atoms with Gasteiger partial charge in [-0.05, 0) is 30.3 Å². The zero-order valence-electron chi connectivity index (χ0n) is 11.4. The van der Waals surface area contributed by atoms with Crippen molar-refractivity contribution in [2.75, 3.05) is 7.11 Å². The highest BCUT2D eigenvalue weighted by atomic mass is 35.5. The number of benzene rings is 2. The van der Waals surface area contributed by atoms with E-state index >= 15 is 0 Å². The Kier molecular flexibility index (Phi) is 5.02. The fourth-order valence-corrected chi connectivity index (χ4v) is 2.03. The summed E-state index contributed by atoms with van der Waals surface area (Å²) >= 11 is 5.87. The highest BCUT2D eigenvalue weighted by molar-refractivity contribution is 6.17. The zero-order valence-corrected chi connectivity index (χ0v) is 12.2.